The second kappa shape index (κ2) is 13.4. The molecule has 0 aromatic heterocycles. The molecule has 0 atom stereocenters. The van der Waals surface area contributed by atoms with Gasteiger partial charge in [-0.3, -0.25) is 9.59 Å². The number of hydrogen-bond donors (Lipinski definition) is 3. The molecule has 0 saturated carbocycles. The smallest absolute Gasteiger partial charge is 0.254 e. The van der Waals surface area contributed by atoms with Crippen LogP contribution in [0.1, 0.15) is 49.0 Å². The van der Waals surface area contributed by atoms with Gasteiger partial charge in [0, 0.05) is 31.7 Å². The van der Waals surface area contributed by atoms with Crippen molar-refractivity contribution in [2.24, 2.45) is 4.99 Å². The van der Waals surface area contributed by atoms with Crippen LogP contribution >= 0.6 is 24.0 Å². The molecule has 3 N–H and O–H groups in total. The van der Waals surface area contributed by atoms with Crippen LogP contribution in [0.4, 0.5) is 0 Å². The van der Waals surface area contributed by atoms with Crippen LogP contribution in [-0.4, -0.2) is 55.4 Å². The number of guanidine groups is 1. The molecular weight excluding hydrogens is 469 g/mol. The van der Waals surface area contributed by atoms with Gasteiger partial charge < -0.3 is 20.9 Å². The number of amides is 2. The quantitative estimate of drug-likeness (QED) is 0.221. The van der Waals surface area contributed by atoms with E-state index in [1.807, 2.05) is 19.1 Å². The molecule has 156 valence electrons. The van der Waals surface area contributed by atoms with Crippen LogP contribution in [0.15, 0.2) is 29.3 Å². The zero-order chi connectivity index (χ0) is 19.5. The molecular formula is C20H32IN5O2. The Labute approximate surface area is 184 Å². The van der Waals surface area contributed by atoms with Gasteiger partial charge in [-0.1, -0.05) is 31.9 Å². The number of unbranched alkanes of at least 4 members (excludes halogenated alkanes) is 2. The largest absolute Gasteiger partial charge is 0.357 e. The van der Waals surface area contributed by atoms with Gasteiger partial charge in [0.25, 0.3) is 5.91 Å². The highest BCUT2D eigenvalue weighted by atomic mass is 127. The lowest BCUT2D eigenvalue weighted by molar-refractivity contribution is -0.123. The predicted octanol–water partition coefficient (Wildman–Crippen LogP) is 2.12. The fourth-order valence-corrected chi connectivity index (χ4v) is 2.84. The number of carbonyl (C=O) groups excluding carboxylic acids is 2. The molecule has 0 spiro atoms. The molecule has 1 heterocycles. The SMILES string of the molecule is CCCCCNC(=NCc1ccc(C(=O)N2CCNC(=O)C2)cc1)NCC.I. The van der Waals surface area contributed by atoms with Gasteiger partial charge in [0.1, 0.15) is 0 Å². The van der Waals surface area contributed by atoms with Crippen molar-refractivity contribution in [2.45, 2.75) is 39.7 Å². The average molecular weight is 501 g/mol. The van der Waals surface area contributed by atoms with E-state index in [0.717, 1.165) is 31.0 Å². The van der Waals surface area contributed by atoms with Crippen molar-refractivity contribution in [2.75, 3.05) is 32.7 Å². The Balaban J connectivity index is 0.00000392. The van der Waals surface area contributed by atoms with E-state index in [1.54, 1.807) is 17.0 Å². The van der Waals surface area contributed by atoms with Gasteiger partial charge in [-0.25, -0.2) is 4.99 Å². The summed E-state index contributed by atoms with van der Waals surface area (Å²) in [6.07, 6.45) is 3.54. The van der Waals surface area contributed by atoms with E-state index in [9.17, 15) is 9.59 Å². The van der Waals surface area contributed by atoms with Crippen molar-refractivity contribution in [3.63, 3.8) is 0 Å². The first-order valence-electron chi connectivity index (χ1n) is 9.81. The van der Waals surface area contributed by atoms with Gasteiger partial charge in [-0.15, -0.1) is 24.0 Å². The van der Waals surface area contributed by atoms with Gasteiger partial charge >= 0.3 is 0 Å². The molecule has 1 aliphatic rings. The maximum atomic E-state index is 12.5. The molecule has 0 unspecified atom stereocenters. The fourth-order valence-electron chi connectivity index (χ4n) is 2.84. The minimum Gasteiger partial charge on any atom is -0.357 e. The van der Waals surface area contributed by atoms with Gasteiger partial charge in [-0.05, 0) is 31.0 Å². The maximum Gasteiger partial charge on any atom is 0.254 e. The Morgan fingerprint density at radius 2 is 1.93 bits per heavy atom. The number of carbonyl (C=O) groups is 2. The Bertz CT molecular complexity index is 649. The standard InChI is InChI=1S/C20H31N5O2.HI/c1-3-5-6-11-23-20(21-4-2)24-14-16-7-9-17(10-8-16)19(27)25-13-12-22-18(26)15-25;/h7-10H,3-6,11-15H2,1-2H3,(H,22,26)(H2,21,23,24);1H. The first-order valence-corrected chi connectivity index (χ1v) is 9.81. The minimum atomic E-state index is -0.108. The Morgan fingerprint density at radius 3 is 2.57 bits per heavy atom. The molecule has 1 aromatic carbocycles. The Kier molecular flexibility index (Phi) is 11.5. The van der Waals surface area contributed by atoms with Crippen LogP contribution < -0.4 is 16.0 Å². The molecule has 1 fully saturated rings. The summed E-state index contributed by atoms with van der Waals surface area (Å²) in [5, 5.41) is 9.32. The molecule has 28 heavy (non-hydrogen) atoms. The van der Waals surface area contributed by atoms with Gasteiger partial charge in [0.15, 0.2) is 5.96 Å². The summed E-state index contributed by atoms with van der Waals surface area (Å²) in [4.78, 5) is 30.1. The third-order valence-corrected chi connectivity index (χ3v) is 4.36. The summed E-state index contributed by atoms with van der Waals surface area (Å²) in [7, 11) is 0. The summed E-state index contributed by atoms with van der Waals surface area (Å²) >= 11 is 0. The van der Waals surface area contributed by atoms with E-state index in [1.165, 1.54) is 12.8 Å². The molecule has 1 saturated heterocycles. The number of piperazine rings is 1. The van der Waals surface area contributed by atoms with E-state index < -0.39 is 0 Å². The van der Waals surface area contributed by atoms with Crippen molar-refractivity contribution in [1.29, 1.82) is 0 Å². The average Bonchev–Trinajstić information content (AvgIpc) is 2.69. The topological polar surface area (TPSA) is 85.8 Å². The van der Waals surface area contributed by atoms with E-state index in [2.05, 4.69) is 27.9 Å². The lowest BCUT2D eigenvalue weighted by Gasteiger charge is -2.26. The first kappa shape index (κ1) is 24.2. The molecule has 2 amide bonds. The normalized spacial score (nSPS) is 14.1. The monoisotopic (exact) mass is 501 g/mol. The molecule has 0 bridgehead atoms. The number of rotatable bonds is 8. The van der Waals surface area contributed by atoms with Crippen LogP contribution in [0.5, 0.6) is 0 Å². The zero-order valence-corrected chi connectivity index (χ0v) is 19.1. The van der Waals surface area contributed by atoms with Crippen LogP contribution in [0.25, 0.3) is 0 Å². The summed E-state index contributed by atoms with van der Waals surface area (Å²) in [5.41, 5.74) is 1.63. The maximum absolute atomic E-state index is 12.5. The Hall–Kier alpha value is -1.84. The predicted molar refractivity (Wildman–Crippen MR) is 123 cm³/mol. The number of hydrogen-bond acceptors (Lipinski definition) is 3. The minimum absolute atomic E-state index is 0. The van der Waals surface area contributed by atoms with Crippen LogP contribution in [0, 0.1) is 0 Å². The molecule has 0 radical (unpaired) electrons. The second-order valence-corrected chi connectivity index (χ2v) is 6.60. The number of nitrogens with zero attached hydrogens (tertiary/aromatic N) is 2. The Morgan fingerprint density at radius 1 is 1.18 bits per heavy atom. The van der Waals surface area contributed by atoms with E-state index >= 15 is 0 Å². The number of nitrogens with one attached hydrogen (secondary N) is 3. The van der Waals surface area contributed by atoms with Crippen molar-refractivity contribution >= 4 is 41.8 Å². The van der Waals surface area contributed by atoms with Crippen LogP contribution in [-0.2, 0) is 11.3 Å². The second-order valence-electron chi connectivity index (χ2n) is 6.60. The highest BCUT2D eigenvalue weighted by molar-refractivity contribution is 14.0. The summed E-state index contributed by atoms with van der Waals surface area (Å²) in [6.45, 7) is 7.69. The van der Waals surface area contributed by atoms with Gasteiger partial charge in [0.2, 0.25) is 5.91 Å². The van der Waals surface area contributed by atoms with E-state index in [-0.39, 0.29) is 42.3 Å². The van der Waals surface area contributed by atoms with Crippen LogP contribution in [0.3, 0.4) is 0 Å². The molecule has 0 aliphatic carbocycles. The molecule has 1 aliphatic heterocycles. The molecule has 2 rings (SSSR count). The summed E-state index contributed by atoms with van der Waals surface area (Å²) < 4.78 is 0. The molecule has 8 heteroatoms. The summed E-state index contributed by atoms with van der Waals surface area (Å²) in [6, 6.07) is 7.45. The zero-order valence-electron chi connectivity index (χ0n) is 16.8. The van der Waals surface area contributed by atoms with Crippen molar-refractivity contribution in [1.82, 2.24) is 20.9 Å². The highest BCUT2D eigenvalue weighted by Crippen LogP contribution is 2.10. The third kappa shape index (κ3) is 8.04. The summed E-state index contributed by atoms with van der Waals surface area (Å²) in [5.74, 6) is 0.599. The van der Waals surface area contributed by atoms with Crippen LogP contribution in [0.2, 0.25) is 0 Å². The lowest BCUT2D eigenvalue weighted by atomic mass is 10.1. The van der Waals surface area contributed by atoms with Crippen molar-refractivity contribution < 1.29 is 9.59 Å². The van der Waals surface area contributed by atoms with Crippen molar-refractivity contribution in [3.8, 4) is 0 Å². The molecule has 7 nitrogen and oxygen atoms in total. The van der Waals surface area contributed by atoms with Gasteiger partial charge in [0.05, 0.1) is 13.1 Å². The fraction of sp³-hybridized carbons (Fsp3) is 0.550. The first-order chi connectivity index (χ1) is 13.1. The lowest BCUT2D eigenvalue weighted by Crippen LogP contribution is -2.49. The van der Waals surface area contributed by atoms with E-state index in [0.29, 0.717) is 25.2 Å². The van der Waals surface area contributed by atoms with E-state index in [4.69, 9.17) is 0 Å². The number of aliphatic imine (C=N–C) groups is 1. The highest BCUT2D eigenvalue weighted by Gasteiger charge is 2.21. The third-order valence-electron chi connectivity index (χ3n) is 4.36. The number of benzene rings is 1. The van der Waals surface area contributed by atoms with Crippen molar-refractivity contribution in [3.05, 3.63) is 35.4 Å². The number of halogens is 1. The van der Waals surface area contributed by atoms with Gasteiger partial charge in [-0.2, -0.15) is 0 Å². The molecule has 1 aromatic rings.